The molecule has 0 saturated carbocycles. The molecule has 0 spiro atoms. The molecule has 0 fully saturated rings. The van der Waals surface area contributed by atoms with Crippen molar-refractivity contribution in [3.63, 3.8) is 0 Å². The van der Waals surface area contributed by atoms with Crippen molar-refractivity contribution in [1.29, 1.82) is 0 Å². The maximum absolute atomic E-state index is 13.2. The molecule has 144 valence electrons. The normalized spacial score (nSPS) is 10.5. The van der Waals surface area contributed by atoms with E-state index in [9.17, 15) is 14.0 Å². The van der Waals surface area contributed by atoms with Crippen LogP contribution in [0.5, 0.6) is 0 Å². The number of anilines is 1. The summed E-state index contributed by atoms with van der Waals surface area (Å²) in [6.07, 6.45) is 1.76. The van der Waals surface area contributed by atoms with Gasteiger partial charge in [0.1, 0.15) is 5.82 Å². The number of halogens is 1. The van der Waals surface area contributed by atoms with E-state index >= 15 is 0 Å². The van der Waals surface area contributed by atoms with Gasteiger partial charge in [-0.3, -0.25) is 14.9 Å². The Morgan fingerprint density at radius 2 is 1.93 bits per heavy atom. The topological polar surface area (TPSA) is 71.1 Å². The Morgan fingerprint density at radius 3 is 2.64 bits per heavy atom. The lowest BCUT2D eigenvalue weighted by Gasteiger charge is -2.04. The number of nitrogens with zero attached hydrogens (tertiary/aromatic N) is 1. The van der Waals surface area contributed by atoms with Crippen molar-refractivity contribution in [3.05, 3.63) is 70.9 Å². The molecule has 0 saturated heterocycles. The van der Waals surface area contributed by atoms with Crippen molar-refractivity contribution < 1.29 is 14.0 Å². The van der Waals surface area contributed by atoms with Crippen LogP contribution in [0.25, 0.3) is 11.3 Å². The third-order valence-electron chi connectivity index (χ3n) is 4.08. The van der Waals surface area contributed by atoms with Crippen molar-refractivity contribution in [3.8, 4) is 11.3 Å². The Labute approximate surface area is 166 Å². The second-order valence-electron chi connectivity index (χ2n) is 6.29. The Hall–Kier alpha value is -3.06. The van der Waals surface area contributed by atoms with E-state index in [1.165, 1.54) is 42.0 Å². The number of hydrogen-bond donors (Lipinski definition) is 2. The number of aryl methyl sites for hydroxylation is 1. The molecule has 0 unspecified atom stereocenters. The van der Waals surface area contributed by atoms with Gasteiger partial charge in [0, 0.05) is 30.0 Å². The summed E-state index contributed by atoms with van der Waals surface area (Å²) in [6.45, 7) is 2.18. The number of aromatic nitrogens is 1. The van der Waals surface area contributed by atoms with E-state index < -0.39 is 11.7 Å². The number of carbonyl (C=O) groups is 2. The fourth-order valence-corrected chi connectivity index (χ4v) is 3.38. The highest BCUT2D eigenvalue weighted by molar-refractivity contribution is 7.14. The molecule has 0 aliphatic rings. The molecular weight excluding hydrogens is 377 g/mol. The number of rotatable bonds is 7. The predicted molar refractivity (Wildman–Crippen MR) is 109 cm³/mol. The van der Waals surface area contributed by atoms with Crippen LogP contribution in [0.2, 0.25) is 0 Å². The van der Waals surface area contributed by atoms with Crippen LogP contribution in [-0.4, -0.2) is 23.3 Å². The molecule has 1 aromatic heterocycles. The van der Waals surface area contributed by atoms with Crippen molar-refractivity contribution in [2.24, 2.45) is 0 Å². The number of thiazole rings is 1. The molecule has 3 rings (SSSR count). The molecule has 2 amide bonds. The standard InChI is InChI=1S/C21H20FN3O2S/c1-14(26)23-11-3-4-15-7-9-16(10-8-15)19-13-28-21(24-19)25-20(27)17-5-2-6-18(22)12-17/h2,5-10,12-13H,3-4,11H2,1H3,(H,23,26)(H,24,25,27). The molecule has 0 aliphatic heterocycles. The van der Waals surface area contributed by atoms with Gasteiger partial charge in [-0.05, 0) is 36.6 Å². The second kappa shape index (κ2) is 9.23. The molecule has 0 aliphatic carbocycles. The highest BCUT2D eigenvalue weighted by atomic mass is 32.1. The van der Waals surface area contributed by atoms with Gasteiger partial charge in [-0.15, -0.1) is 11.3 Å². The van der Waals surface area contributed by atoms with Crippen LogP contribution in [0.4, 0.5) is 9.52 Å². The summed E-state index contributed by atoms with van der Waals surface area (Å²) >= 11 is 1.32. The van der Waals surface area contributed by atoms with E-state index in [1.807, 2.05) is 29.6 Å². The van der Waals surface area contributed by atoms with Gasteiger partial charge in [-0.1, -0.05) is 30.3 Å². The van der Waals surface area contributed by atoms with Gasteiger partial charge < -0.3 is 5.32 Å². The minimum absolute atomic E-state index is 0.0147. The number of amides is 2. The van der Waals surface area contributed by atoms with Crippen LogP contribution < -0.4 is 10.6 Å². The zero-order valence-electron chi connectivity index (χ0n) is 15.4. The van der Waals surface area contributed by atoms with Gasteiger partial charge in [0.25, 0.3) is 5.91 Å². The molecule has 1 heterocycles. The SMILES string of the molecule is CC(=O)NCCCc1ccc(-c2csc(NC(=O)c3cccc(F)c3)n2)cc1. The first-order valence-electron chi connectivity index (χ1n) is 8.87. The summed E-state index contributed by atoms with van der Waals surface area (Å²) in [5.74, 6) is -0.862. The Kier molecular flexibility index (Phi) is 6.49. The first-order chi connectivity index (χ1) is 13.5. The summed E-state index contributed by atoms with van der Waals surface area (Å²) in [5.41, 5.74) is 3.15. The molecule has 28 heavy (non-hydrogen) atoms. The monoisotopic (exact) mass is 397 g/mol. The fourth-order valence-electron chi connectivity index (χ4n) is 2.66. The lowest BCUT2D eigenvalue weighted by molar-refractivity contribution is -0.118. The van der Waals surface area contributed by atoms with Crippen molar-refractivity contribution >= 4 is 28.3 Å². The second-order valence-corrected chi connectivity index (χ2v) is 7.14. The molecule has 3 aromatic rings. The van der Waals surface area contributed by atoms with Crippen molar-refractivity contribution in [2.45, 2.75) is 19.8 Å². The van der Waals surface area contributed by atoms with Crippen LogP contribution in [0.3, 0.4) is 0 Å². The molecule has 0 atom stereocenters. The van der Waals surface area contributed by atoms with Gasteiger partial charge in [-0.2, -0.15) is 0 Å². The molecule has 2 N–H and O–H groups in total. The summed E-state index contributed by atoms with van der Waals surface area (Å²) < 4.78 is 13.2. The van der Waals surface area contributed by atoms with Crippen molar-refractivity contribution in [2.75, 3.05) is 11.9 Å². The van der Waals surface area contributed by atoms with Gasteiger partial charge in [0.05, 0.1) is 5.69 Å². The minimum atomic E-state index is -0.454. The maximum Gasteiger partial charge on any atom is 0.257 e. The molecular formula is C21H20FN3O2S. The molecule has 5 nitrogen and oxygen atoms in total. The quantitative estimate of drug-likeness (QED) is 0.585. The van der Waals surface area contributed by atoms with E-state index in [4.69, 9.17) is 0 Å². The van der Waals surface area contributed by atoms with Gasteiger partial charge >= 0.3 is 0 Å². The van der Waals surface area contributed by atoms with E-state index in [0.717, 1.165) is 24.1 Å². The van der Waals surface area contributed by atoms with Gasteiger partial charge in [0.15, 0.2) is 5.13 Å². The number of hydrogen-bond acceptors (Lipinski definition) is 4. The summed E-state index contributed by atoms with van der Waals surface area (Å²) in [4.78, 5) is 27.5. The summed E-state index contributed by atoms with van der Waals surface area (Å²) in [7, 11) is 0. The number of benzene rings is 2. The van der Waals surface area contributed by atoms with E-state index in [1.54, 1.807) is 6.07 Å². The highest BCUT2D eigenvalue weighted by Crippen LogP contribution is 2.25. The average Bonchev–Trinajstić information content (AvgIpc) is 3.14. The van der Waals surface area contributed by atoms with Gasteiger partial charge in [-0.25, -0.2) is 9.37 Å². The zero-order valence-corrected chi connectivity index (χ0v) is 16.2. The smallest absolute Gasteiger partial charge is 0.257 e. The lowest BCUT2D eigenvalue weighted by atomic mass is 10.1. The molecule has 0 radical (unpaired) electrons. The van der Waals surface area contributed by atoms with Crippen LogP contribution in [0.15, 0.2) is 53.9 Å². The molecule has 0 bridgehead atoms. The summed E-state index contributed by atoms with van der Waals surface area (Å²) in [5, 5.41) is 7.81. The molecule has 7 heteroatoms. The van der Waals surface area contributed by atoms with Crippen LogP contribution in [0.1, 0.15) is 29.3 Å². The largest absolute Gasteiger partial charge is 0.356 e. The number of nitrogens with one attached hydrogen (secondary N) is 2. The summed E-state index contributed by atoms with van der Waals surface area (Å²) in [6, 6.07) is 13.6. The predicted octanol–water partition coefficient (Wildman–Crippen LogP) is 4.27. The van der Waals surface area contributed by atoms with E-state index in [0.29, 0.717) is 11.7 Å². The Balaban J connectivity index is 1.59. The first kappa shape index (κ1) is 19.7. The van der Waals surface area contributed by atoms with Crippen LogP contribution >= 0.6 is 11.3 Å². The first-order valence-corrected chi connectivity index (χ1v) is 9.75. The molecule has 2 aromatic carbocycles. The van der Waals surface area contributed by atoms with Crippen LogP contribution in [-0.2, 0) is 11.2 Å². The minimum Gasteiger partial charge on any atom is -0.356 e. The third-order valence-corrected chi connectivity index (χ3v) is 4.84. The van der Waals surface area contributed by atoms with Crippen LogP contribution in [0, 0.1) is 5.82 Å². The fraction of sp³-hybridized carbons (Fsp3) is 0.190. The third kappa shape index (κ3) is 5.47. The Bertz CT molecular complexity index is 970. The lowest BCUT2D eigenvalue weighted by Crippen LogP contribution is -2.21. The Morgan fingerprint density at radius 1 is 1.14 bits per heavy atom. The van der Waals surface area contributed by atoms with Gasteiger partial charge in [0.2, 0.25) is 5.91 Å². The average molecular weight is 397 g/mol. The number of carbonyl (C=O) groups excluding carboxylic acids is 2. The highest BCUT2D eigenvalue weighted by Gasteiger charge is 2.10. The maximum atomic E-state index is 13.2. The van der Waals surface area contributed by atoms with Crippen molar-refractivity contribution in [1.82, 2.24) is 10.3 Å². The van der Waals surface area contributed by atoms with E-state index in [-0.39, 0.29) is 11.5 Å². The van der Waals surface area contributed by atoms with E-state index in [2.05, 4.69) is 15.6 Å². The zero-order chi connectivity index (χ0) is 19.9.